The van der Waals surface area contributed by atoms with Gasteiger partial charge >= 0.3 is 6.03 Å². The van der Waals surface area contributed by atoms with Gasteiger partial charge in [-0.15, -0.1) is 0 Å². The van der Waals surface area contributed by atoms with Crippen molar-refractivity contribution in [2.45, 2.75) is 52.5 Å². The van der Waals surface area contributed by atoms with Crippen LogP contribution in [-0.2, 0) is 0 Å². The molecule has 0 atom stereocenters. The highest BCUT2D eigenvalue weighted by Gasteiger charge is 2.28. The largest absolute Gasteiger partial charge is 0.322 e. The number of benzene rings is 4. The second-order valence-electron chi connectivity index (χ2n) is 10.8. The van der Waals surface area contributed by atoms with Crippen LogP contribution in [0.3, 0.4) is 0 Å². The highest BCUT2D eigenvalue weighted by molar-refractivity contribution is 5.92. The molecule has 2 amide bonds. The van der Waals surface area contributed by atoms with Crippen molar-refractivity contribution in [3.8, 4) is 0 Å². The van der Waals surface area contributed by atoms with Gasteiger partial charge in [0.15, 0.2) is 0 Å². The number of rotatable bonds is 9. The van der Waals surface area contributed by atoms with Crippen LogP contribution in [0.2, 0.25) is 0 Å². The number of carbonyl (C=O) groups is 1. The predicted octanol–water partition coefficient (Wildman–Crippen LogP) is 9.66. The molecule has 0 saturated heterocycles. The standard InChI is InChI=1S/C36H40N2O/c1-26(2)32-22-15-23-33(27(3)4)34(32)37-36(39)38(25-28(5)24-29-16-9-6-10-17-29)35(30-18-11-7-12-19-30)31-20-13-8-14-21-31/h6-24,26-27,35H,25H2,1-5H3,(H,37,39)/b28-24-. The van der Waals surface area contributed by atoms with Crippen molar-refractivity contribution >= 4 is 17.8 Å². The molecular weight excluding hydrogens is 476 g/mol. The number of nitrogens with zero attached hydrogens (tertiary/aromatic N) is 1. The lowest BCUT2D eigenvalue weighted by atomic mass is 9.92. The van der Waals surface area contributed by atoms with E-state index in [4.69, 9.17) is 0 Å². The highest BCUT2D eigenvalue weighted by Crippen LogP contribution is 2.35. The second kappa shape index (κ2) is 13.1. The molecule has 0 bridgehead atoms. The Hall–Kier alpha value is -4.11. The maximum absolute atomic E-state index is 14.4. The number of hydrogen-bond donors (Lipinski definition) is 1. The first-order valence-corrected chi connectivity index (χ1v) is 13.9. The number of urea groups is 1. The van der Waals surface area contributed by atoms with Gasteiger partial charge in [0.25, 0.3) is 0 Å². The molecule has 3 heteroatoms. The number of para-hydroxylation sites is 1. The fraction of sp³-hybridized carbons (Fsp3) is 0.250. The van der Waals surface area contributed by atoms with E-state index in [1.807, 2.05) is 59.5 Å². The quantitative estimate of drug-likeness (QED) is 0.236. The van der Waals surface area contributed by atoms with E-state index < -0.39 is 0 Å². The number of nitrogens with one attached hydrogen (secondary N) is 1. The molecule has 4 rings (SSSR count). The van der Waals surface area contributed by atoms with E-state index in [-0.39, 0.29) is 23.9 Å². The summed E-state index contributed by atoms with van der Waals surface area (Å²) in [5, 5.41) is 3.39. The Bertz CT molecular complexity index is 1310. The van der Waals surface area contributed by atoms with Crippen LogP contribution in [0.15, 0.2) is 115 Å². The van der Waals surface area contributed by atoms with Crippen LogP contribution in [0.5, 0.6) is 0 Å². The summed E-state index contributed by atoms with van der Waals surface area (Å²) < 4.78 is 0. The summed E-state index contributed by atoms with van der Waals surface area (Å²) in [6.07, 6.45) is 2.16. The zero-order valence-electron chi connectivity index (χ0n) is 23.8. The van der Waals surface area contributed by atoms with Crippen LogP contribution in [0.25, 0.3) is 6.08 Å². The molecule has 39 heavy (non-hydrogen) atoms. The fourth-order valence-corrected chi connectivity index (χ4v) is 5.13. The molecule has 3 nitrogen and oxygen atoms in total. The minimum atomic E-state index is -0.250. The van der Waals surface area contributed by atoms with E-state index in [9.17, 15) is 4.79 Å². The Morgan fingerprint density at radius 2 is 1.15 bits per heavy atom. The third-order valence-electron chi connectivity index (χ3n) is 7.04. The van der Waals surface area contributed by atoms with Crippen molar-refractivity contribution in [2.24, 2.45) is 0 Å². The first-order chi connectivity index (χ1) is 18.8. The summed E-state index contributed by atoms with van der Waals surface area (Å²) in [5.41, 5.74) is 7.62. The van der Waals surface area contributed by atoms with E-state index in [1.54, 1.807) is 0 Å². The maximum atomic E-state index is 14.4. The monoisotopic (exact) mass is 516 g/mol. The summed E-state index contributed by atoms with van der Waals surface area (Å²) in [6, 6.07) is 36.9. The van der Waals surface area contributed by atoms with Gasteiger partial charge in [0.05, 0.1) is 6.04 Å². The molecule has 0 aliphatic carbocycles. The van der Waals surface area contributed by atoms with Crippen molar-refractivity contribution < 1.29 is 4.79 Å². The van der Waals surface area contributed by atoms with Gasteiger partial charge in [-0.05, 0) is 46.6 Å². The molecule has 0 unspecified atom stereocenters. The molecule has 1 N–H and O–H groups in total. The predicted molar refractivity (Wildman–Crippen MR) is 165 cm³/mol. The maximum Gasteiger partial charge on any atom is 0.322 e. The van der Waals surface area contributed by atoms with Gasteiger partial charge in [-0.25, -0.2) is 4.79 Å². The van der Waals surface area contributed by atoms with Crippen molar-refractivity contribution in [2.75, 3.05) is 11.9 Å². The second-order valence-corrected chi connectivity index (χ2v) is 10.8. The lowest BCUT2D eigenvalue weighted by Crippen LogP contribution is -2.40. The van der Waals surface area contributed by atoms with E-state index >= 15 is 0 Å². The zero-order valence-corrected chi connectivity index (χ0v) is 23.8. The lowest BCUT2D eigenvalue weighted by Gasteiger charge is -2.34. The van der Waals surface area contributed by atoms with Crippen molar-refractivity contribution in [3.63, 3.8) is 0 Å². The van der Waals surface area contributed by atoms with Crippen LogP contribution in [-0.4, -0.2) is 17.5 Å². The molecule has 0 aromatic heterocycles. The third kappa shape index (κ3) is 7.06. The average molecular weight is 517 g/mol. The van der Waals surface area contributed by atoms with Gasteiger partial charge < -0.3 is 10.2 Å². The van der Waals surface area contributed by atoms with Crippen LogP contribution in [0.4, 0.5) is 10.5 Å². The van der Waals surface area contributed by atoms with E-state index in [2.05, 4.69) is 101 Å². The molecule has 0 spiro atoms. The average Bonchev–Trinajstić information content (AvgIpc) is 2.94. The van der Waals surface area contributed by atoms with Gasteiger partial charge in [-0.2, -0.15) is 0 Å². The summed E-state index contributed by atoms with van der Waals surface area (Å²) in [5.74, 6) is 0.567. The molecule has 0 aliphatic heterocycles. The van der Waals surface area contributed by atoms with Gasteiger partial charge in [-0.3, -0.25) is 0 Å². The van der Waals surface area contributed by atoms with Crippen molar-refractivity contribution in [1.82, 2.24) is 4.90 Å². The van der Waals surface area contributed by atoms with Crippen LogP contribution < -0.4 is 5.32 Å². The Kier molecular flexibility index (Phi) is 9.38. The number of hydrogen-bond acceptors (Lipinski definition) is 1. The number of anilines is 1. The molecule has 4 aromatic carbocycles. The van der Waals surface area contributed by atoms with Gasteiger partial charge in [0.2, 0.25) is 0 Å². The van der Waals surface area contributed by atoms with Crippen molar-refractivity contribution in [3.05, 3.63) is 143 Å². The Labute approximate surface area is 234 Å². The lowest BCUT2D eigenvalue weighted by molar-refractivity contribution is 0.203. The van der Waals surface area contributed by atoms with Crippen LogP contribution in [0, 0.1) is 0 Å². The first-order valence-electron chi connectivity index (χ1n) is 13.9. The third-order valence-corrected chi connectivity index (χ3v) is 7.04. The van der Waals surface area contributed by atoms with Crippen molar-refractivity contribution in [1.29, 1.82) is 0 Å². The zero-order chi connectivity index (χ0) is 27.8. The molecule has 4 aromatic rings. The van der Waals surface area contributed by atoms with E-state index in [0.717, 1.165) is 39.1 Å². The molecule has 0 heterocycles. The minimum absolute atomic E-state index is 0.108. The van der Waals surface area contributed by atoms with Crippen LogP contribution >= 0.6 is 0 Å². The van der Waals surface area contributed by atoms with Gasteiger partial charge in [-0.1, -0.05) is 149 Å². The SMILES string of the molecule is C/C(=C/c1ccccc1)CN(C(=O)Nc1c(C(C)C)cccc1C(C)C)C(c1ccccc1)c1ccccc1. The summed E-state index contributed by atoms with van der Waals surface area (Å²) in [7, 11) is 0. The summed E-state index contributed by atoms with van der Waals surface area (Å²) in [6.45, 7) is 11.3. The van der Waals surface area contributed by atoms with Gasteiger partial charge in [0.1, 0.15) is 0 Å². The van der Waals surface area contributed by atoms with Gasteiger partial charge in [0, 0.05) is 12.2 Å². The number of amides is 2. The fourth-order valence-electron chi connectivity index (χ4n) is 5.13. The molecule has 0 aliphatic rings. The molecule has 0 saturated carbocycles. The Morgan fingerprint density at radius 1 is 0.692 bits per heavy atom. The molecule has 200 valence electrons. The smallest absolute Gasteiger partial charge is 0.309 e. The Balaban J connectivity index is 1.81. The van der Waals surface area contributed by atoms with Crippen LogP contribution in [0.1, 0.15) is 80.3 Å². The number of carbonyl (C=O) groups excluding carboxylic acids is 1. The highest BCUT2D eigenvalue weighted by atomic mass is 16.2. The topological polar surface area (TPSA) is 32.3 Å². The Morgan fingerprint density at radius 3 is 1.62 bits per heavy atom. The summed E-state index contributed by atoms with van der Waals surface area (Å²) >= 11 is 0. The normalized spacial score (nSPS) is 11.7. The molecule has 0 fully saturated rings. The molecule has 0 radical (unpaired) electrons. The first kappa shape index (κ1) is 27.9. The van der Waals surface area contributed by atoms with E-state index in [1.165, 1.54) is 0 Å². The molecular formula is C36H40N2O. The summed E-state index contributed by atoms with van der Waals surface area (Å²) in [4.78, 5) is 16.4. The minimum Gasteiger partial charge on any atom is -0.309 e. The van der Waals surface area contributed by atoms with E-state index in [0.29, 0.717) is 6.54 Å².